The lowest BCUT2D eigenvalue weighted by atomic mass is 9.95. The number of amides is 1. The van der Waals surface area contributed by atoms with E-state index in [9.17, 15) is 4.79 Å². The van der Waals surface area contributed by atoms with Gasteiger partial charge in [0, 0.05) is 43.4 Å². The minimum atomic E-state index is 0. The van der Waals surface area contributed by atoms with Gasteiger partial charge in [0.2, 0.25) is 5.91 Å². The third-order valence-electron chi connectivity index (χ3n) is 5.03. The summed E-state index contributed by atoms with van der Waals surface area (Å²) in [6.45, 7) is 4.44. The van der Waals surface area contributed by atoms with Crippen molar-refractivity contribution in [2.24, 2.45) is 0 Å². The minimum Gasteiger partial charge on any atom is -0.343 e. The van der Waals surface area contributed by atoms with Gasteiger partial charge in [0.15, 0.2) is 0 Å². The highest BCUT2D eigenvalue weighted by atomic mass is 35.5. The van der Waals surface area contributed by atoms with Gasteiger partial charge < -0.3 is 14.8 Å². The smallest absolute Gasteiger partial charge is 0.222 e. The minimum absolute atomic E-state index is 0. The first-order valence-corrected chi connectivity index (χ1v) is 9.62. The topological polar surface area (TPSA) is 63.1 Å². The molecule has 0 radical (unpaired) electrons. The van der Waals surface area contributed by atoms with Crippen molar-refractivity contribution in [2.45, 2.75) is 44.7 Å². The van der Waals surface area contributed by atoms with Gasteiger partial charge in [-0.2, -0.15) is 0 Å². The van der Waals surface area contributed by atoms with Gasteiger partial charge in [0.05, 0.1) is 6.54 Å². The lowest BCUT2D eigenvalue weighted by Crippen LogP contribution is -2.39. The molecule has 2 aromatic rings. The molecule has 0 saturated carbocycles. The second-order valence-corrected chi connectivity index (χ2v) is 7.57. The van der Waals surface area contributed by atoms with Gasteiger partial charge in [-0.15, -0.1) is 33.9 Å². The molecule has 6 nitrogen and oxygen atoms in total. The molecule has 2 aromatic heterocycles. The van der Waals surface area contributed by atoms with E-state index in [0.29, 0.717) is 12.3 Å². The fraction of sp³-hybridized carbons (Fsp3) is 0.588. The zero-order valence-corrected chi connectivity index (χ0v) is 15.8. The Morgan fingerprint density at radius 3 is 2.88 bits per heavy atom. The zero-order valence-electron chi connectivity index (χ0n) is 14.2. The highest BCUT2D eigenvalue weighted by molar-refractivity contribution is 7.09. The van der Waals surface area contributed by atoms with E-state index in [-0.39, 0.29) is 18.3 Å². The van der Waals surface area contributed by atoms with Crippen molar-refractivity contribution in [1.82, 2.24) is 25.0 Å². The van der Waals surface area contributed by atoms with Gasteiger partial charge in [0.25, 0.3) is 0 Å². The fourth-order valence-electron chi connectivity index (χ4n) is 3.65. The van der Waals surface area contributed by atoms with Crippen LogP contribution in [0.4, 0.5) is 0 Å². The Kier molecular flexibility index (Phi) is 6.09. The first-order valence-electron chi connectivity index (χ1n) is 8.74. The number of carbonyl (C=O) groups excluding carboxylic acids is 1. The molecular weight excluding hydrogens is 358 g/mol. The normalized spacial score (nSPS) is 17.8. The van der Waals surface area contributed by atoms with Crippen LogP contribution >= 0.6 is 23.7 Å². The monoisotopic (exact) mass is 381 g/mol. The SMILES string of the molecule is Cl.O=C(CCc1cccs1)N1CCC(c2nnc3n2CCNC3)CC1. The number of rotatable bonds is 4. The number of halogens is 1. The molecule has 4 rings (SSSR count). The van der Waals surface area contributed by atoms with Crippen LogP contribution in [0.25, 0.3) is 0 Å². The first kappa shape index (κ1) is 18.4. The molecule has 0 bridgehead atoms. The number of likely N-dealkylation sites (tertiary alicyclic amines) is 1. The summed E-state index contributed by atoms with van der Waals surface area (Å²) >= 11 is 1.73. The van der Waals surface area contributed by atoms with Crippen LogP contribution in [0.3, 0.4) is 0 Å². The van der Waals surface area contributed by atoms with Gasteiger partial charge in [-0.05, 0) is 30.7 Å². The summed E-state index contributed by atoms with van der Waals surface area (Å²) in [5, 5.41) is 14.1. The zero-order chi connectivity index (χ0) is 16.4. The molecule has 0 spiro atoms. The molecule has 0 aromatic carbocycles. The molecule has 1 N–H and O–H groups in total. The third-order valence-corrected chi connectivity index (χ3v) is 5.97. The van der Waals surface area contributed by atoms with E-state index in [2.05, 4.69) is 31.5 Å². The maximum Gasteiger partial charge on any atom is 0.222 e. The number of aromatic nitrogens is 3. The molecule has 0 aliphatic carbocycles. The average Bonchev–Trinajstić information content (AvgIpc) is 3.29. The third kappa shape index (κ3) is 4.04. The number of fused-ring (bicyclic) bond motifs is 1. The van der Waals surface area contributed by atoms with Crippen LogP contribution in [0.5, 0.6) is 0 Å². The number of aryl methyl sites for hydroxylation is 1. The van der Waals surface area contributed by atoms with Gasteiger partial charge in [-0.25, -0.2) is 0 Å². The van der Waals surface area contributed by atoms with Crippen LogP contribution in [0.1, 0.15) is 41.7 Å². The molecule has 0 atom stereocenters. The highest BCUT2D eigenvalue weighted by Gasteiger charge is 2.28. The summed E-state index contributed by atoms with van der Waals surface area (Å²) in [6, 6.07) is 4.15. The maximum absolute atomic E-state index is 12.4. The van der Waals surface area contributed by atoms with E-state index in [1.54, 1.807) is 11.3 Å². The molecule has 25 heavy (non-hydrogen) atoms. The molecule has 0 unspecified atom stereocenters. The largest absolute Gasteiger partial charge is 0.343 e. The quantitative estimate of drug-likeness (QED) is 0.881. The van der Waals surface area contributed by atoms with Gasteiger partial charge >= 0.3 is 0 Å². The van der Waals surface area contributed by atoms with Crippen molar-refractivity contribution >= 4 is 29.7 Å². The molecule has 4 heterocycles. The van der Waals surface area contributed by atoms with Crippen LogP contribution < -0.4 is 5.32 Å². The lowest BCUT2D eigenvalue weighted by molar-refractivity contribution is -0.132. The number of nitrogens with zero attached hydrogens (tertiary/aromatic N) is 4. The molecule has 2 aliphatic rings. The molecule has 1 saturated heterocycles. The summed E-state index contributed by atoms with van der Waals surface area (Å²) in [4.78, 5) is 15.7. The Morgan fingerprint density at radius 1 is 1.28 bits per heavy atom. The van der Waals surface area contributed by atoms with Gasteiger partial charge in [-0.1, -0.05) is 6.07 Å². The van der Waals surface area contributed by atoms with Crippen molar-refractivity contribution in [3.63, 3.8) is 0 Å². The number of nitrogens with one attached hydrogen (secondary N) is 1. The Bertz CT molecular complexity index is 694. The van der Waals surface area contributed by atoms with Crippen LogP contribution in [0, 0.1) is 0 Å². The first-order chi connectivity index (χ1) is 11.8. The molecular formula is C17H24ClN5OS. The summed E-state index contributed by atoms with van der Waals surface area (Å²) in [5.41, 5.74) is 0. The number of piperidine rings is 1. The van der Waals surface area contributed by atoms with E-state index >= 15 is 0 Å². The number of carbonyl (C=O) groups is 1. The van der Waals surface area contributed by atoms with Crippen LogP contribution in [0.2, 0.25) is 0 Å². The summed E-state index contributed by atoms with van der Waals surface area (Å²) in [5.74, 6) is 2.89. The van der Waals surface area contributed by atoms with Crippen LogP contribution in [0.15, 0.2) is 17.5 Å². The average molecular weight is 382 g/mol. The maximum atomic E-state index is 12.4. The predicted molar refractivity (Wildman–Crippen MR) is 100 cm³/mol. The Morgan fingerprint density at radius 2 is 2.12 bits per heavy atom. The van der Waals surface area contributed by atoms with Crippen molar-refractivity contribution in [2.75, 3.05) is 19.6 Å². The Hall–Kier alpha value is -1.44. The fourth-order valence-corrected chi connectivity index (χ4v) is 4.36. The highest BCUT2D eigenvalue weighted by Crippen LogP contribution is 2.28. The van der Waals surface area contributed by atoms with Gasteiger partial charge in [0.1, 0.15) is 11.6 Å². The Balaban J connectivity index is 0.00000182. The summed E-state index contributed by atoms with van der Waals surface area (Å²) in [6.07, 6.45) is 3.48. The van der Waals surface area contributed by atoms with Crippen LogP contribution in [-0.2, 0) is 24.3 Å². The number of hydrogen-bond acceptors (Lipinski definition) is 5. The predicted octanol–water partition coefficient (Wildman–Crippen LogP) is 2.20. The van der Waals surface area contributed by atoms with Crippen molar-refractivity contribution in [3.05, 3.63) is 34.0 Å². The second-order valence-electron chi connectivity index (χ2n) is 6.54. The molecule has 2 aliphatic heterocycles. The van der Waals surface area contributed by atoms with Gasteiger partial charge in [-0.3, -0.25) is 4.79 Å². The van der Waals surface area contributed by atoms with Crippen molar-refractivity contribution < 1.29 is 4.79 Å². The Labute approximate surface area is 158 Å². The van der Waals surface area contributed by atoms with E-state index in [1.807, 2.05) is 11.0 Å². The second kappa shape index (κ2) is 8.29. The molecule has 136 valence electrons. The summed E-state index contributed by atoms with van der Waals surface area (Å²) in [7, 11) is 0. The van der Waals surface area contributed by atoms with Crippen molar-refractivity contribution in [1.29, 1.82) is 0 Å². The van der Waals surface area contributed by atoms with Crippen molar-refractivity contribution in [3.8, 4) is 0 Å². The van der Waals surface area contributed by atoms with E-state index < -0.39 is 0 Å². The summed E-state index contributed by atoms with van der Waals surface area (Å²) < 4.78 is 2.27. The van der Waals surface area contributed by atoms with Crippen LogP contribution in [-0.4, -0.2) is 45.2 Å². The number of thiophene rings is 1. The molecule has 8 heteroatoms. The lowest BCUT2D eigenvalue weighted by Gasteiger charge is -2.32. The number of hydrogen-bond donors (Lipinski definition) is 1. The molecule has 1 fully saturated rings. The van der Waals surface area contributed by atoms with E-state index in [0.717, 1.165) is 63.6 Å². The van der Waals surface area contributed by atoms with E-state index in [4.69, 9.17) is 0 Å². The standard InChI is InChI=1S/C17H23N5OS.ClH/c23-16(4-3-14-2-1-11-24-14)21-8-5-13(6-9-21)17-20-19-15-12-18-7-10-22(15)17;/h1-2,11,13,18H,3-10,12H2;1H. The molecule has 1 amide bonds. The van der Waals surface area contributed by atoms with E-state index in [1.165, 1.54) is 4.88 Å².